The largest absolute Gasteiger partial charge is 0.462 e. The third-order valence-corrected chi connectivity index (χ3v) is 9.70. The predicted octanol–water partition coefficient (Wildman–Crippen LogP) is 8.88. The van der Waals surface area contributed by atoms with Gasteiger partial charge in [0.05, 0.1) is 13.2 Å². The summed E-state index contributed by atoms with van der Waals surface area (Å²) in [4.78, 5) is 25.3. The maximum Gasteiger partial charge on any atom is 0.306 e. The van der Waals surface area contributed by atoms with Crippen LogP contribution in [-0.2, 0) is 28.5 Å². The van der Waals surface area contributed by atoms with Gasteiger partial charge in [-0.2, -0.15) is 0 Å². The van der Waals surface area contributed by atoms with Gasteiger partial charge in [-0.15, -0.1) is 0 Å². The predicted molar refractivity (Wildman–Crippen MR) is 219 cm³/mol. The zero-order valence-electron chi connectivity index (χ0n) is 34.4. The highest BCUT2D eigenvalue weighted by atomic mass is 16.7. The number of unbranched alkanes of at least 4 members (excludes halogenated alkanes) is 16. The quantitative estimate of drug-likeness (QED) is 0.0279. The fourth-order valence-corrected chi connectivity index (χ4v) is 6.25. The lowest BCUT2D eigenvalue weighted by Gasteiger charge is -2.39. The van der Waals surface area contributed by atoms with Gasteiger partial charge in [-0.1, -0.05) is 133 Å². The Kier molecular flexibility index (Phi) is 33.2. The first-order valence-electron chi connectivity index (χ1n) is 21.7. The van der Waals surface area contributed by atoms with Crippen LogP contribution in [0.1, 0.15) is 168 Å². The Labute approximate surface area is 333 Å². The minimum atomic E-state index is -1.60. The second-order valence-corrected chi connectivity index (χ2v) is 14.8. The summed E-state index contributed by atoms with van der Waals surface area (Å²) in [5.41, 5.74) is 0. The number of ether oxygens (including phenoxy) is 4. The molecule has 4 N–H and O–H groups in total. The summed E-state index contributed by atoms with van der Waals surface area (Å²) in [5.74, 6) is -0.854. The number of carbonyl (C=O) groups is 2. The minimum absolute atomic E-state index is 0.205. The highest BCUT2D eigenvalue weighted by Crippen LogP contribution is 2.22. The molecule has 1 heterocycles. The molecule has 0 aromatic carbocycles. The summed E-state index contributed by atoms with van der Waals surface area (Å²) < 4.78 is 22.1. The van der Waals surface area contributed by atoms with Crippen LogP contribution in [-0.4, -0.2) is 89.0 Å². The molecule has 1 saturated heterocycles. The van der Waals surface area contributed by atoms with Gasteiger partial charge in [-0.25, -0.2) is 0 Å². The molecule has 1 aliphatic heterocycles. The number of rotatable bonds is 35. The van der Waals surface area contributed by atoms with Crippen LogP contribution < -0.4 is 0 Å². The van der Waals surface area contributed by atoms with E-state index in [2.05, 4.69) is 62.5 Å². The van der Waals surface area contributed by atoms with Crippen molar-refractivity contribution in [2.45, 2.75) is 205 Å². The van der Waals surface area contributed by atoms with Gasteiger partial charge < -0.3 is 39.4 Å². The van der Waals surface area contributed by atoms with Crippen molar-refractivity contribution in [3.63, 3.8) is 0 Å². The van der Waals surface area contributed by atoms with Gasteiger partial charge >= 0.3 is 11.9 Å². The monoisotopic (exact) mass is 779 g/mol. The van der Waals surface area contributed by atoms with Gasteiger partial charge in [-0.3, -0.25) is 9.59 Å². The van der Waals surface area contributed by atoms with E-state index in [1.165, 1.54) is 57.8 Å². The van der Waals surface area contributed by atoms with Gasteiger partial charge in [0.1, 0.15) is 31.0 Å². The van der Waals surface area contributed by atoms with E-state index in [0.29, 0.717) is 12.8 Å². The lowest BCUT2D eigenvalue weighted by atomic mass is 9.99. The van der Waals surface area contributed by atoms with Crippen LogP contribution in [0.5, 0.6) is 0 Å². The Morgan fingerprint density at radius 1 is 0.582 bits per heavy atom. The molecule has 0 aromatic heterocycles. The maximum atomic E-state index is 12.7. The van der Waals surface area contributed by atoms with Crippen LogP contribution >= 0.6 is 0 Å². The third kappa shape index (κ3) is 27.8. The molecule has 55 heavy (non-hydrogen) atoms. The zero-order valence-corrected chi connectivity index (χ0v) is 34.4. The van der Waals surface area contributed by atoms with Crippen molar-refractivity contribution in [2.24, 2.45) is 0 Å². The van der Waals surface area contributed by atoms with Crippen LogP contribution in [0.2, 0.25) is 0 Å². The van der Waals surface area contributed by atoms with Gasteiger partial charge in [0.15, 0.2) is 12.4 Å². The SMILES string of the molecule is CC/C=C/C/C=C/C/C=C/CCCCCCCC(=O)O[C@@H](COC(=O)CCCC/C=C/CCCCCCCCCCC)CO[C@H]1O[C@@H](CO)[C@@H](O)C(O)C1O. The molecule has 0 radical (unpaired) electrons. The lowest BCUT2D eigenvalue weighted by molar-refractivity contribution is -0.305. The molecule has 1 fully saturated rings. The first kappa shape index (κ1) is 50.7. The standard InChI is InChI=1S/C45H78O10/c1-3-5-7-9-11-13-15-17-19-21-23-25-27-29-31-33-40(47)52-36-38(37-53-45-44(51)43(50)42(49)39(35-46)55-45)54-41(48)34-32-30-28-26-24-22-20-18-16-14-12-10-8-6-4-2/h6,8,12,14,18,20,23,25,38-39,42-46,49-51H,3-5,7,9-11,13,15-17,19,21-22,24,26-37H2,1-2H3/b8-6+,14-12+,20-18+,25-23+/t38-,39-,42+,43?,44?,45-/m0/s1. The van der Waals surface area contributed by atoms with E-state index >= 15 is 0 Å². The molecule has 318 valence electrons. The highest BCUT2D eigenvalue weighted by molar-refractivity contribution is 5.70. The van der Waals surface area contributed by atoms with Crippen LogP contribution in [0.25, 0.3) is 0 Å². The first-order valence-corrected chi connectivity index (χ1v) is 21.7. The second kappa shape index (κ2) is 36.0. The second-order valence-electron chi connectivity index (χ2n) is 14.8. The molecule has 1 aliphatic rings. The summed E-state index contributed by atoms with van der Waals surface area (Å²) >= 11 is 0. The minimum Gasteiger partial charge on any atom is -0.462 e. The Balaban J connectivity index is 2.38. The molecule has 6 atom stereocenters. The van der Waals surface area contributed by atoms with Gasteiger partial charge in [0.25, 0.3) is 0 Å². The average molecular weight is 779 g/mol. The van der Waals surface area contributed by atoms with Crippen molar-refractivity contribution < 1.29 is 49.0 Å². The number of aliphatic hydroxyl groups excluding tert-OH is 4. The van der Waals surface area contributed by atoms with Gasteiger partial charge in [0, 0.05) is 12.8 Å². The molecule has 0 aliphatic carbocycles. The molecule has 10 nitrogen and oxygen atoms in total. The Morgan fingerprint density at radius 2 is 1.07 bits per heavy atom. The Bertz CT molecular complexity index is 1040. The molecule has 0 amide bonds. The van der Waals surface area contributed by atoms with Gasteiger partial charge in [0.2, 0.25) is 0 Å². The molecule has 0 spiro atoms. The summed E-state index contributed by atoms with van der Waals surface area (Å²) in [7, 11) is 0. The van der Waals surface area contributed by atoms with Crippen LogP contribution in [0.3, 0.4) is 0 Å². The van der Waals surface area contributed by atoms with Crippen LogP contribution in [0.15, 0.2) is 48.6 Å². The average Bonchev–Trinajstić information content (AvgIpc) is 3.18. The fraction of sp³-hybridized carbons (Fsp3) is 0.778. The summed E-state index contributed by atoms with van der Waals surface area (Å²) in [6.07, 6.45) is 34.0. The highest BCUT2D eigenvalue weighted by Gasteiger charge is 2.44. The smallest absolute Gasteiger partial charge is 0.306 e. The van der Waals surface area contributed by atoms with Crippen molar-refractivity contribution in [3.05, 3.63) is 48.6 Å². The van der Waals surface area contributed by atoms with Crippen molar-refractivity contribution in [3.8, 4) is 0 Å². The normalized spacial score (nSPS) is 21.0. The first-order chi connectivity index (χ1) is 26.8. The summed E-state index contributed by atoms with van der Waals surface area (Å²) in [5, 5.41) is 40.0. The summed E-state index contributed by atoms with van der Waals surface area (Å²) in [6.45, 7) is 3.26. The number of hydrogen-bond donors (Lipinski definition) is 4. The molecular formula is C45H78O10. The van der Waals surface area contributed by atoms with E-state index < -0.39 is 55.4 Å². The number of carbonyl (C=O) groups excluding carboxylic acids is 2. The van der Waals surface area contributed by atoms with E-state index in [1.807, 2.05) is 0 Å². The molecule has 0 saturated carbocycles. The summed E-state index contributed by atoms with van der Waals surface area (Å²) in [6, 6.07) is 0. The maximum absolute atomic E-state index is 12.7. The molecule has 0 bridgehead atoms. The van der Waals surface area contributed by atoms with E-state index in [-0.39, 0.29) is 26.1 Å². The van der Waals surface area contributed by atoms with E-state index in [9.17, 15) is 30.0 Å². The van der Waals surface area contributed by atoms with E-state index in [4.69, 9.17) is 18.9 Å². The number of hydrogen-bond acceptors (Lipinski definition) is 10. The van der Waals surface area contributed by atoms with Crippen LogP contribution in [0, 0.1) is 0 Å². The van der Waals surface area contributed by atoms with Crippen molar-refractivity contribution in [1.82, 2.24) is 0 Å². The molecule has 0 aromatic rings. The number of aliphatic hydroxyl groups is 4. The molecule has 1 rings (SSSR count). The lowest BCUT2D eigenvalue weighted by Crippen LogP contribution is -2.59. The van der Waals surface area contributed by atoms with Crippen molar-refractivity contribution >= 4 is 11.9 Å². The van der Waals surface area contributed by atoms with Crippen LogP contribution in [0.4, 0.5) is 0 Å². The topological polar surface area (TPSA) is 152 Å². The molecule has 10 heteroatoms. The third-order valence-electron chi connectivity index (χ3n) is 9.70. The van der Waals surface area contributed by atoms with Crippen molar-refractivity contribution in [1.29, 1.82) is 0 Å². The number of allylic oxidation sites excluding steroid dienone is 8. The molecule has 2 unspecified atom stereocenters. The van der Waals surface area contributed by atoms with E-state index in [0.717, 1.165) is 70.6 Å². The zero-order chi connectivity index (χ0) is 40.2. The Morgan fingerprint density at radius 3 is 1.67 bits per heavy atom. The van der Waals surface area contributed by atoms with Gasteiger partial charge in [-0.05, 0) is 70.6 Å². The van der Waals surface area contributed by atoms with Crippen molar-refractivity contribution in [2.75, 3.05) is 19.8 Å². The fourth-order valence-electron chi connectivity index (χ4n) is 6.25. The van der Waals surface area contributed by atoms with E-state index in [1.54, 1.807) is 0 Å². The number of esters is 2. The molecular weight excluding hydrogens is 700 g/mol. The Hall–Kier alpha value is -2.34.